The summed E-state index contributed by atoms with van der Waals surface area (Å²) in [7, 11) is 1.75. The lowest BCUT2D eigenvalue weighted by Gasteiger charge is -2.28. The Labute approximate surface area is 163 Å². The molecule has 0 spiro atoms. The molecular formula is C20H23N3O5. The summed E-state index contributed by atoms with van der Waals surface area (Å²) in [5, 5.41) is 12.3. The highest BCUT2D eigenvalue weighted by atomic mass is 16.6. The van der Waals surface area contributed by atoms with Gasteiger partial charge < -0.3 is 24.8 Å². The van der Waals surface area contributed by atoms with E-state index < -0.39 is 5.97 Å². The van der Waals surface area contributed by atoms with Crippen LogP contribution in [0.4, 0.5) is 11.5 Å². The first-order chi connectivity index (χ1) is 13.5. The number of carboxylic acids is 1. The van der Waals surface area contributed by atoms with E-state index in [1.807, 2.05) is 19.1 Å². The van der Waals surface area contributed by atoms with Gasteiger partial charge in [0.1, 0.15) is 11.4 Å². The molecule has 0 bridgehead atoms. The molecular weight excluding hydrogens is 362 g/mol. The Morgan fingerprint density at radius 2 is 2.07 bits per heavy atom. The number of carboxylic acid groups (broad SMARTS) is 1. The molecule has 1 amide bonds. The van der Waals surface area contributed by atoms with Crippen LogP contribution in [0.15, 0.2) is 36.5 Å². The summed E-state index contributed by atoms with van der Waals surface area (Å²) in [4.78, 5) is 30.2. The molecule has 2 aromatic rings. The lowest BCUT2D eigenvalue weighted by atomic mass is 10.1. The summed E-state index contributed by atoms with van der Waals surface area (Å²) in [6, 6.07) is 8.59. The normalized spacial score (nSPS) is 16.4. The second-order valence-electron chi connectivity index (χ2n) is 6.62. The molecule has 1 saturated heterocycles. The minimum Gasteiger partial charge on any atom is -0.478 e. The fourth-order valence-electron chi connectivity index (χ4n) is 3.05. The quantitative estimate of drug-likeness (QED) is 0.786. The van der Waals surface area contributed by atoms with Crippen molar-refractivity contribution in [3.8, 4) is 0 Å². The monoisotopic (exact) mass is 385 g/mol. The van der Waals surface area contributed by atoms with E-state index in [1.165, 1.54) is 12.3 Å². The number of rotatable bonds is 6. The van der Waals surface area contributed by atoms with Gasteiger partial charge in [-0.2, -0.15) is 0 Å². The zero-order chi connectivity index (χ0) is 20.1. The summed E-state index contributed by atoms with van der Waals surface area (Å²) in [5.41, 5.74) is 1.68. The van der Waals surface area contributed by atoms with Crippen molar-refractivity contribution in [3.05, 3.63) is 53.2 Å². The van der Waals surface area contributed by atoms with Crippen molar-refractivity contribution in [3.63, 3.8) is 0 Å². The lowest BCUT2D eigenvalue weighted by Crippen LogP contribution is -2.39. The van der Waals surface area contributed by atoms with Crippen LogP contribution in [0, 0.1) is 6.92 Å². The van der Waals surface area contributed by atoms with Crippen LogP contribution in [0.2, 0.25) is 0 Å². The van der Waals surface area contributed by atoms with Crippen LogP contribution < -0.4 is 10.2 Å². The third-order valence-corrected chi connectivity index (χ3v) is 4.47. The topological polar surface area (TPSA) is 101 Å². The summed E-state index contributed by atoms with van der Waals surface area (Å²) < 4.78 is 11.0. The van der Waals surface area contributed by atoms with Crippen molar-refractivity contribution in [2.24, 2.45) is 0 Å². The average molecular weight is 385 g/mol. The predicted molar refractivity (Wildman–Crippen MR) is 104 cm³/mol. The molecule has 3 rings (SSSR count). The Morgan fingerprint density at radius 3 is 2.75 bits per heavy atom. The van der Waals surface area contributed by atoms with Crippen LogP contribution in [0.5, 0.6) is 0 Å². The highest BCUT2D eigenvalue weighted by molar-refractivity contribution is 6.06. The van der Waals surface area contributed by atoms with E-state index >= 15 is 0 Å². The van der Waals surface area contributed by atoms with Crippen LogP contribution in [-0.4, -0.2) is 61.5 Å². The Hall–Kier alpha value is -2.97. The van der Waals surface area contributed by atoms with Gasteiger partial charge in [-0.1, -0.05) is 18.2 Å². The number of carbonyl (C=O) groups excluding carboxylic acids is 1. The van der Waals surface area contributed by atoms with Gasteiger partial charge in [-0.05, 0) is 24.6 Å². The van der Waals surface area contributed by atoms with Gasteiger partial charge in [0, 0.05) is 19.2 Å². The maximum absolute atomic E-state index is 12.5. The maximum atomic E-state index is 12.5. The smallest absolute Gasteiger partial charge is 0.339 e. The van der Waals surface area contributed by atoms with E-state index in [0.717, 1.165) is 5.56 Å². The minimum absolute atomic E-state index is 0.00168. The molecule has 2 heterocycles. The molecule has 0 unspecified atom stereocenters. The molecule has 8 heteroatoms. The molecule has 0 radical (unpaired) electrons. The molecule has 1 aliphatic heterocycles. The Morgan fingerprint density at radius 1 is 1.29 bits per heavy atom. The van der Waals surface area contributed by atoms with Crippen LogP contribution in [0.25, 0.3) is 0 Å². The Kier molecular flexibility index (Phi) is 6.23. The number of amides is 1. The number of anilines is 2. The van der Waals surface area contributed by atoms with Crippen molar-refractivity contribution < 1.29 is 24.2 Å². The number of carbonyl (C=O) groups is 2. The standard InChI is InChI=1S/C20H23N3O5/c1-13-5-3-4-6-16(13)19(24)22-14-9-17(20(25)26)18(21-10-14)23(2)11-15-12-27-7-8-28-15/h3-6,9-10,15H,7-8,11-12H2,1-2H3,(H,22,24)(H,25,26)/t15-/m1/s1. The van der Waals surface area contributed by atoms with E-state index in [0.29, 0.717) is 43.4 Å². The highest BCUT2D eigenvalue weighted by Gasteiger charge is 2.22. The summed E-state index contributed by atoms with van der Waals surface area (Å²) in [5.74, 6) is -1.14. The van der Waals surface area contributed by atoms with Gasteiger partial charge in [0.25, 0.3) is 5.91 Å². The largest absolute Gasteiger partial charge is 0.478 e. The van der Waals surface area contributed by atoms with E-state index in [1.54, 1.807) is 24.1 Å². The number of hydrogen-bond donors (Lipinski definition) is 2. The van der Waals surface area contributed by atoms with E-state index in [9.17, 15) is 14.7 Å². The number of ether oxygens (including phenoxy) is 2. The first-order valence-corrected chi connectivity index (χ1v) is 8.96. The highest BCUT2D eigenvalue weighted by Crippen LogP contribution is 2.22. The van der Waals surface area contributed by atoms with Gasteiger partial charge in [-0.25, -0.2) is 9.78 Å². The van der Waals surface area contributed by atoms with Crippen LogP contribution in [0.1, 0.15) is 26.3 Å². The number of nitrogens with one attached hydrogen (secondary N) is 1. The number of likely N-dealkylation sites (N-methyl/N-ethyl adjacent to an activating group) is 1. The van der Waals surface area contributed by atoms with Gasteiger partial charge >= 0.3 is 5.97 Å². The van der Waals surface area contributed by atoms with Gasteiger partial charge in [0.05, 0.1) is 37.8 Å². The summed E-state index contributed by atoms with van der Waals surface area (Å²) in [6.45, 7) is 3.82. The molecule has 1 atom stereocenters. The van der Waals surface area contributed by atoms with Crippen molar-refractivity contribution >= 4 is 23.4 Å². The average Bonchev–Trinajstić information content (AvgIpc) is 2.69. The fraction of sp³-hybridized carbons (Fsp3) is 0.350. The van der Waals surface area contributed by atoms with Crippen LogP contribution in [-0.2, 0) is 9.47 Å². The minimum atomic E-state index is -1.12. The number of aromatic carboxylic acids is 1. The van der Waals surface area contributed by atoms with Gasteiger partial charge in [0.15, 0.2) is 0 Å². The second-order valence-corrected chi connectivity index (χ2v) is 6.62. The number of pyridine rings is 1. The summed E-state index contributed by atoms with van der Waals surface area (Å²) >= 11 is 0. The first-order valence-electron chi connectivity index (χ1n) is 8.96. The van der Waals surface area contributed by atoms with E-state index in [4.69, 9.17) is 9.47 Å². The molecule has 1 aliphatic rings. The van der Waals surface area contributed by atoms with E-state index in [2.05, 4.69) is 10.3 Å². The zero-order valence-corrected chi connectivity index (χ0v) is 15.8. The van der Waals surface area contributed by atoms with Gasteiger partial charge in [0.2, 0.25) is 0 Å². The number of aromatic nitrogens is 1. The maximum Gasteiger partial charge on any atom is 0.339 e. The molecule has 1 fully saturated rings. The van der Waals surface area contributed by atoms with Crippen LogP contribution in [0.3, 0.4) is 0 Å². The molecule has 0 aliphatic carbocycles. The number of nitrogens with zero attached hydrogens (tertiary/aromatic N) is 2. The molecule has 0 saturated carbocycles. The van der Waals surface area contributed by atoms with Gasteiger partial charge in [-0.15, -0.1) is 0 Å². The molecule has 1 aromatic carbocycles. The van der Waals surface area contributed by atoms with Crippen molar-refractivity contribution in [2.75, 3.05) is 43.6 Å². The Bertz CT molecular complexity index is 865. The Balaban J connectivity index is 1.78. The first kappa shape index (κ1) is 19.8. The fourth-order valence-corrected chi connectivity index (χ4v) is 3.05. The molecule has 2 N–H and O–H groups in total. The third-order valence-electron chi connectivity index (χ3n) is 4.47. The number of hydrogen-bond acceptors (Lipinski definition) is 6. The predicted octanol–water partition coefficient (Wildman–Crippen LogP) is 2.19. The van der Waals surface area contributed by atoms with Crippen molar-refractivity contribution in [2.45, 2.75) is 13.0 Å². The molecule has 28 heavy (non-hydrogen) atoms. The van der Waals surface area contributed by atoms with Crippen LogP contribution >= 0.6 is 0 Å². The molecule has 1 aromatic heterocycles. The number of benzene rings is 1. The zero-order valence-electron chi connectivity index (χ0n) is 15.8. The lowest BCUT2D eigenvalue weighted by molar-refractivity contribution is -0.0837. The van der Waals surface area contributed by atoms with E-state index in [-0.39, 0.29) is 17.6 Å². The summed E-state index contributed by atoms with van der Waals surface area (Å²) in [6.07, 6.45) is 1.30. The second kappa shape index (κ2) is 8.81. The molecule has 148 valence electrons. The molecule has 8 nitrogen and oxygen atoms in total. The SMILES string of the molecule is Cc1ccccc1C(=O)Nc1cnc(N(C)C[C@@H]2COCCO2)c(C(=O)O)c1. The van der Waals surface area contributed by atoms with Crippen molar-refractivity contribution in [1.29, 1.82) is 0 Å². The van der Waals surface area contributed by atoms with Crippen molar-refractivity contribution in [1.82, 2.24) is 4.98 Å². The van der Waals surface area contributed by atoms with Gasteiger partial charge in [-0.3, -0.25) is 4.79 Å². The number of aryl methyl sites for hydroxylation is 1. The third kappa shape index (κ3) is 4.65.